The maximum Gasteiger partial charge on any atom is 0.337 e. The molecule has 3 N–H and O–H groups in total. The number of fused-ring (bicyclic) bond motifs is 1. The number of hydrogen-bond acceptors (Lipinski definition) is 8. The molecule has 0 aromatic carbocycles. The SMILES string of the molecule is Nc1nc(N2CCN(c3ccc(C(=O)O)cn3)CC2)nc2c1ccn2-c1ccncc1. The summed E-state index contributed by atoms with van der Waals surface area (Å²) in [6.07, 6.45) is 6.79. The predicted octanol–water partition coefficient (Wildman–Crippen LogP) is 1.82. The third kappa shape index (κ3) is 3.48. The topological polar surface area (TPSA) is 126 Å². The predicted molar refractivity (Wildman–Crippen MR) is 117 cm³/mol. The van der Waals surface area contributed by atoms with E-state index in [4.69, 9.17) is 15.8 Å². The van der Waals surface area contributed by atoms with Crippen LogP contribution in [0, 0.1) is 0 Å². The second-order valence-corrected chi connectivity index (χ2v) is 7.22. The standard InChI is InChI=1S/C21H20N8O2/c22-18-16-5-8-29(15-3-6-23-7-4-15)19(16)26-21(25-18)28-11-9-27(10-12-28)17-2-1-14(13-24-17)20(30)31/h1-8,13H,9-12H2,(H,30,31)(H2,22,25,26). The molecule has 0 amide bonds. The number of nitrogens with zero attached hydrogens (tertiary/aromatic N) is 7. The number of rotatable bonds is 4. The van der Waals surface area contributed by atoms with E-state index in [-0.39, 0.29) is 5.56 Å². The Morgan fingerprint density at radius 3 is 2.39 bits per heavy atom. The van der Waals surface area contributed by atoms with E-state index in [9.17, 15) is 4.79 Å². The molecule has 10 heteroatoms. The average Bonchev–Trinajstić information content (AvgIpc) is 3.24. The van der Waals surface area contributed by atoms with Crippen molar-refractivity contribution in [2.24, 2.45) is 0 Å². The summed E-state index contributed by atoms with van der Waals surface area (Å²) in [7, 11) is 0. The Kier molecular flexibility index (Phi) is 4.58. The van der Waals surface area contributed by atoms with Crippen LogP contribution in [0.2, 0.25) is 0 Å². The number of carboxylic acids is 1. The molecule has 0 atom stereocenters. The first kappa shape index (κ1) is 18.8. The number of aromatic carboxylic acids is 1. The lowest BCUT2D eigenvalue weighted by atomic mass is 10.2. The Hall–Kier alpha value is -4.21. The number of carbonyl (C=O) groups is 1. The van der Waals surface area contributed by atoms with Crippen LogP contribution in [-0.2, 0) is 0 Å². The van der Waals surface area contributed by atoms with Gasteiger partial charge in [-0.1, -0.05) is 0 Å². The summed E-state index contributed by atoms with van der Waals surface area (Å²) in [5.74, 6) is 0.812. The third-order valence-corrected chi connectivity index (χ3v) is 5.38. The van der Waals surface area contributed by atoms with Crippen molar-refractivity contribution in [2.45, 2.75) is 0 Å². The summed E-state index contributed by atoms with van der Waals surface area (Å²) in [4.78, 5) is 32.9. The van der Waals surface area contributed by atoms with Crippen molar-refractivity contribution in [3.63, 3.8) is 0 Å². The van der Waals surface area contributed by atoms with Gasteiger partial charge in [0.05, 0.1) is 16.6 Å². The summed E-state index contributed by atoms with van der Waals surface area (Å²) in [6, 6.07) is 9.06. The molecule has 1 aliphatic heterocycles. The fourth-order valence-electron chi connectivity index (χ4n) is 3.72. The summed E-state index contributed by atoms with van der Waals surface area (Å²) < 4.78 is 1.97. The first-order chi connectivity index (χ1) is 15.1. The highest BCUT2D eigenvalue weighted by Gasteiger charge is 2.22. The van der Waals surface area contributed by atoms with Crippen LogP contribution in [0.25, 0.3) is 16.7 Å². The molecule has 31 heavy (non-hydrogen) atoms. The zero-order valence-electron chi connectivity index (χ0n) is 16.6. The molecule has 4 aromatic rings. The molecular weight excluding hydrogens is 396 g/mol. The van der Waals surface area contributed by atoms with Gasteiger partial charge in [-0.05, 0) is 30.3 Å². The lowest BCUT2D eigenvalue weighted by Crippen LogP contribution is -2.47. The van der Waals surface area contributed by atoms with Crippen LogP contribution >= 0.6 is 0 Å². The van der Waals surface area contributed by atoms with Crippen molar-refractivity contribution < 1.29 is 9.90 Å². The number of nitrogen functional groups attached to an aromatic ring is 1. The molecular formula is C21H20N8O2. The molecule has 1 saturated heterocycles. The number of nitrogens with two attached hydrogens (primary N) is 1. The number of carboxylic acid groups (broad SMARTS) is 1. The Morgan fingerprint density at radius 1 is 0.968 bits per heavy atom. The van der Waals surface area contributed by atoms with Crippen molar-refractivity contribution in [1.29, 1.82) is 0 Å². The molecule has 4 aromatic heterocycles. The Bertz CT molecular complexity index is 1230. The quantitative estimate of drug-likeness (QED) is 0.512. The molecule has 5 heterocycles. The third-order valence-electron chi connectivity index (χ3n) is 5.38. The van der Waals surface area contributed by atoms with Gasteiger partial charge in [-0.3, -0.25) is 4.98 Å². The fourth-order valence-corrected chi connectivity index (χ4v) is 3.72. The van der Waals surface area contributed by atoms with E-state index in [0.29, 0.717) is 37.9 Å². The molecule has 1 aliphatic rings. The van der Waals surface area contributed by atoms with Crippen molar-refractivity contribution in [3.05, 3.63) is 60.7 Å². The first-order valence-electron chi connectivity index (χ1n) is 9.84. The number of piperazine rings is 1. The summed E-state index contributed by atoms with van der Waals surface area (Å²) >= 11 is 0. The van der Waals surface area contributed by atoms with Crippen molar-refractivity contribution in [2.75, 3.05) is 41.7 Å². The Labute approximate surface area is 177 Å². The van der Waals surface area contributed by atoms with E-state index in [1.165, 1.54) is 6.20 Å². The lowest BCUT2D eigenvalue weighted by molar-refractivity contribution is 0.0696. The lowest BCUT2D eigenvalue weighted by Gasteiger charge is -2.35. The first-order valence-corrected chi connectivity index (χ1v) is 9.84. The van der Waals surface area contributed by atoms with Gasteiger partial charge >= 0.3 is 5.97 Å². The summed E-state index contributed by atoms with van der Waals surface area (Å²) in [5, 5.41) is 9.84. The van der Waals surface area contributed by atoms with Crippen LogP contribution in [0.4, 0.5) is 17.6 Å². The molecule has 156 valence electrons. The van der Waals surface area contributed by atoms with Gasteiger partial charge < -0.3 is 25.2 Å². The van der Waals surface area contributed by atoms with Crippen molar-refractivity contribution >= 4 is 34.6 Å². The van der Waals surface area contributed by atoms with Crippen LogP contribution in [-0.4, -0.2) is 61.8 Å². The molecule has 1 fully saturated rings. The summed E-state index contributed by atoms with van der Waals surface area (Å²) in [6.45, 7) is 2.82. The van der Waals surface area contributed by atoms with E-state index in [1.54, 1.807) is 24.5 Å². The van der Waals surface area contributed by atoms with Gasteiger partial charge in [-0.2, -0.15) is 9.97 Å². The molecule has 0 unspecified atom stereocenters. The van der Waals surface area contributed by atoms with Gasteiger partial charge in [0.2, 0.25) is 5.95 Å². The smallest absolute Gasteiger partial charge is 0.337 e. The largest absolute Gasteiger partial charge is 0.478 e. The molecule has 0 aliphatic carbocycles. The van der Waals surface area contributed by atoms with Gasteiger partial charge in [-0.15, -0.1) is 0 Å². The van der Waals surface area contributed by atoms with Crippen LogP contribution in [0.15, 0.2) is 55.1 Å². The fraction of sp³-hybridized carbons (Fsp3) is 0.190. The molecule has 10 nitrogen and oxygen atoms in total. The van der Waals surface area contributed by atoms with E-state index in [1.807, 2.05) is 29.0 Å². The Morgan fingerprint density at radius 2 is 1.71 bits per heavy atom. The van der Waals surface area contributed by atoms with Gasteiger partial charge in [0, 0.05) is 51.0 Å². The minimum absolute atomic E-state index is 0.178. The number of aromatic nitrogens is 5. The highest BCUT2D eigenvalue weighted by Crippen LogP contribution is 2.26. The van der Waals surface area contributed by atoms with Crippen molar-refractivity contribution in [1.82, 2.24) is 24.5 Å². The van der Waals surface area contributed by atoms with Gasteiger partial charge in [-0.25, -0.2) is 9.78 Å². The minimum Gasteiger partial charge on any atom is -0.478 e. The second kappa shape index (κ2) is 7.56. The summed E-state index contributed by atoms with van der Waals surface area (Å²) in [5.41, 5.74) is 8.12. The Balaban J connectivity index is 1.37. The molecule has 5 rings (SSSR count). The highest BCUT2D eigenvalue weighted by atomic mass is 16.4. The maximum atomic E-state index is 11.0. The van der Waals surface area contributed by atoms with E-state index >= 15 is 0 Å². The van der Waals surface area contributed by atoms with E-state index in [0.717, 1.165) is 22.5 Å². The molecule has 0 spiro atoms. The molecule has 0 radical (unpaired) electrons. The van der Waals surface area contributed by atoms with Crippen molar-refractivity contribution in [3.8, 4) is 5.69 Å². The van der Waals surface area contributed by atoms with Crippen LogP contribution in [0.1, 0.15) is 10.4 Å². The number of anilines is 3. The van der Waals surface area contributed by atoms with E-state index < -0.39 is 5.97 Å². The molecule has 0 bridgehead atoms. The number of hydrogen-bond donors (Lipinski definition) is 2. The van der Waals surface area contributed by atoms with Gasteiger partial charge in [0.25, 0.3) is 0 Å². The van der Waals surface area contributed by atoms with Crippen LogP contribution < -0.4 is 15.5 Å². The maximum absolute atomic E-state index is 11.0. The van der Waals surface area contributed by atoms with Gasteiger partial charge in [0.1, 0.15) is 11.6 Å². The van der Waals surface area contributed by atoms with Crippen LogP contribution in [0.5, 0.6) is 0 Å². The number of pyridine rings is 2. The second-order valence-electron chi connectivity index (χ2n) is 7.22. The van der Waals surface area contributed by atoms with E-state index in [2.05, 4.69) is 24.8 Å². The van der Waals surface area contributed by atoms with Gasteiger partial charge in [0.15, 0.2) is 5.65 Å². The normalized spacial score (nSPS) is 14.2. The minimum atomic E-state index is -0.981. The zero-order chi connectivity index (χ0) is 21.4. The van der Waals surface area contributed by atoms with Crippen LogP contribution in [0.3, 0.4) is 0 Å². The zero-order valence-corrected chi connectivity index (χ0v) is 16.6. The highest BCUT2D eigenvalue weighted by molar-refractivity contribution is 5.89. The molecule has 0 saturated carbocycles. The average molecular weight is 416 g/mol. The monoisotopic (exact) mass is 416 g/mol.